The van der Waals surface area contributed by atoms with Crippen molar-refractivity contribution in [3.05, 3.63) is 23.3 Å². The summed E-state index contributed by atoms with van der Waals surface area (Å²) >= 11 is 0. The van der Waals surface area contributed by atoms with Gasteiger partial charge < -0.3 is 5.11 Å². The molecule has 92 valence electrons. The first-order chi connectivity index (χ1) is 7.43. The van der Waals surface area contributed by atoms with Crippen LogP contribution in [0.2, 0.25) is 0 Å². The molecule has 0 aromatic carbocycles. The van der Waals surface area contributed by atoms with E-state index in [2.05, 4.69) is 46.8 Å². The summed E-state index contributed by atoms with van der Waals surface area (Å²) in [6.07, 6.45) is 6.82. The Kier molecular flexibility index (Phi) is 4.37. The van der Waals surface area contributed by atoms with Gasteiger partial charge in [0.1, 0.15) is 0 Å². The van der Waals surface area contributed by atoms with Gasteiger partial charge >= 0.3 is 0 Å². The van der Waals surface area contributed by atoms with Crippen molar-refractivity contribution in [1.82, 2.24) is 0 Å². The largest absolute Gasteiger partial charge is 0.396 e. The van der Waals surface area contributed by atoms with E-state index in [1.165, 1.54) is 11.1 Å². The molecule has 0 fully saturated rings. The molecule has 0 aromatic rings. The van der Waals surface area contributed by atoms with Gasteiger partial charge in [-0.05, 0) is 43.9 Å². The van der Waals surface area contributed by atoms with E-state index >= 15 is 0 Å². The van der Waals surface area contributed by atoms with Gasteiger partial charge in [0.2, 0.25) is 0 Å². The number of aliphatic hydroxyl groups excluding tert-OH is 1. The second-order valence-corrected chi connectivity index (χ2v) is 5.75. The van der Waals surface area contributed by atoms with Gasteiger partial charge in [-0.2, -0.15) is 0 Å². The lowest BCUT2D eigenvalue weighted by Crippen LogP contribution is -2.23. The zero-order valence-corrected chi connectivity index (χ0v) is 11.4. The van der Waals surface area contributed by atoms with Crippen molar-refractivity contribution < 1.29 is 5.11 Å². The average molecular weight is 222 g/mol. The Bertz CT molecular complexity index is 297. The van der Waals surface area contributed by atoms with Crippen molar-refractivity contribution in [2.24, 2.45) is 17.3 Å². The second kappa shape index (κ2) is 5.18. The van der Waals surface area contributed by atoms with Crippen molar-refractivity contribution in [3.8, 4) is 0 Å². The van der Waals surface area contributed by atoms with Crippen LogP contribution in [0.1, 0.15) is 47.5 Å². The van der Waals surface area contributed by atoms with Crippen LogP contribution in [0.5, 0.6) is 0 Å². The molecule has 1 N–H and O–H groups in total. The van der Waals surface area contributed by atoms with E-state index in [4.69, 9.17) is 5.11 Å². The molecule has 16 heavy (non-hydrogen) atoms. The van der Waals surface area contributed by atoms with Crippen molar-refractivity contribution in [2.45, 2.75) is 47.5 Å². The molecule has 0 aromatic heterocycles. The topological polar surface area (TPSA) is 20.2 Å². The van der Waals surface area contributed by atoms with Crippen LogP contribution >= 0.6 is 0 Å². The van der Waals surface area contributed by atoms with Gasteiger partial charge in [-0.15, -0.1) is 0 Å². The fraction of sp³-hybridized carbons (Fsp3) is 0.733. The van der Waals surface area contributed by atoms with E-state index in [1.807, 2.05) is 0 Å². The molecule has 1 unspecified atom stereocenters. The van der Waals surface area contributed by atoms with E-state index in [1.54, 1.807) is 0 Å². The fourth-order valence-corrected chi connectivity index (χ4v) is 2.67. The molecule has 1 aliphatic rings. The molecule has 0 heterocycles. The van der Waals surface area contributed by atoms with Crippen LogP contribution in [-0.2, 0) is 0 Å². The monoisotopic (exact) mass is 222 g/mol. The molecular formula is C15H26O. The third-order valence-corrected chi connectivity index (χ3v) is 4.26. The SMILES string of the molecule is CC=C(C[C@@H](C)CO)C1CC=C(C)C1(C)C. The predicted octanol–water partition coefficient (Wildman–Crippen LogP) is 3.94. The van der Waals surface area contributed by atoms with Crippen LogP contribution in [0.25, 0.3) is 0 Å². The molecule has 0 saturated heterocycles. The van der Waals surface area contributed by atoms with Gasteiger partial charge in [0, 0.05) is 6.61 Å². The smallest absolute Gasteiger partial charge is 0.0459 e. The first-order valence-corrected chi connectivity index (χ1v) is 6.36. The molecule has 1 nitrogen and oxygen atoms in total. The number of rotatable bonds is 4. The molecule has 0 aliphatic heterocycles. The Morgan fingerprint density at radius 1 is 1.62 bits per heavy atom. The van der Waals surface area contributed by atoms with Gasteiger partial charge in [-0.3, -0.25) is 0 Å². The highest BCUT2D eigenvalue weighted by Crippen LogP contribution is 2.47. The molecule has 0 saturated carbocycles. The minimum absolute atomic E-state index is 0.289. The van der Waals surface area contributed by atoms with Crippen LogP contribution < -0.4 is 0 Å². The lowest BCUT2D eigenvalue weighted by molar-refractivity contribution is 0.228. The summed E-state index contributed by atoms with van der Waals surface area (Å²) in [4.78, 5) is 0. The van der Waals surface area contributed by atoms with Crippen molar-refractivity contribution in [2.75, 3.05) is 6.61 Å². The number of allylic oxidation sites excluding steroid dienone is 4. The van der Waals surface area contributed by atoms with E-state index in [-0.39, 0.29) is 12.0 Å². The minimum atomic E-state index is 0.289. The maximum Gasteiger partial charge on any atom is 0.0459 e. The Labute approximate surface area is 100 Å². The molecule has 1 heteroatoms. The molecule has 1 aliphatic carbocycles. The summed E-state index contributed by atoms with van der Waals surface area (Å²) in [5.74, 6) is 1.01. The number of hydrogen-bond donors (Lipinski definition) is 1. The standard InChI is InChI=1S/C15H26O/c1-6-13(9-11(2)10-16)14-8-7-12(3)15(14,4)5/h6-7,11,14,16H,8-10H2,1-5H3/t11-,14?/m1/s1. The zero-order chi connectivity index (χ0) is 12.3. The number of hydrogen-bond acceptors (Lipinski definition) is 1. The summed E-state index contributed by atoms with van der Waals surface area (Å²) in [6.45, 7) is 11.4. The Morgan fingerprint density at radius 3 is 2.62 bits per heavy atom. The molecule has 0 radical (unpaired) electrons. The van der Waals surface area contributed by atoms with Gasteiger partial charge in [0.05, 0.1) is 0 Å². The van der Waals surface area contributed by atoms with Gasteiger partial charge in [-0.1, -0.05) is 44.1 Å². The Morgan fingerprint density at radius 2 is 2.25 bits per heavy atom. The van der Waals surface area contributed by atoms with Crippen LogP contribution in [0.4, 0.5) is 0 Å². The highest BCUT2D eigenvalue weighted by Gasteiger charge is 2.36. The summed E-state index contributed by atoms with van der Waals surface area (Å²) in [7, 11) is 0. The van der Waals surface area contributed by atoms with Gasteiger partial charge in [-0.25, -0.2) is 0 Å². The van der Waals surface area contributed by atoms with E-state index < -0.39 is 0 Å². The molecule has 0 bridgehead atoms. The third-order valence-electron chi connectivity index (χ3n) is 4.26. The zero-order valence-electron chi connectivity index (χ0n) is 11.4. The summed E-state index contributed by atoms with van der Waals surface area (Å²) in [5.41, 5.74) is 3.31. The van der Waals surface area contributed by atoms with Gasteiger partial charge in [0.15, 0.2) is 0 Å². The Hall–Kier alpha value is -0.560. The molecular weight excluding hydrogens is 196 g/mol. The van der Waals surface area contributed by atoms with Gasteiger partial charge in [0.25, 0.3) is 0 Å². The summed E-state index contributed by atoms with van der Waals surface area (Å²) in [6, 6.07) is 0. The number of aliphatic hydroxyl groups is 1. The van der Waals surface area contributed by atoms with Crippen molar-refractivity contribution in [1.29, 1.82) is 0 Å². The fourth-order valence-electron chi connectivity index (χ4n) is 2.67. The van der Waals surface area contributed by atoms with Crippen molar-refractivity contribution in [3.63, 3.8) is 0 Å². The Balaban J connectivity index is 2.78. The van der Waals surface area contributed by atoms with Crippen LogP contribution in [-0.4, -0.2) is 11.7 Å². The van der Waals surface area contributed by atoms with Crippen LogP contribution in [0.15, 0.2) is 23.3 Å². The highest BCUT2D eigenvalue weighted by atomic mass is 16.3. The van der Waals surface area contributed by atoms with Crippen LogP contribution in [0.3, 0.4) is 0 Å². The minimum Gasteiger partial charge on any atom is -0.396 e. The molecule has 1 rings (SSSR count). The highest BCUT2D eigenvalue weighted by molar-refractivity contribution is 5.26. The van der Waals surface area contributed by atoms with E-state index in [0.717, 1.165) is 12.8 Å². The lowest BCUT2D eigenvalue weighted by atomic mass is 9.72. The maximum atomic E-state index is 9.16. The summed E-state index contributed by atoms with van der Waals surface area (Å²) in [5, 5.41) is 9.16. The second-order valence-electron chi connectivity index (χ2n) is 5.75. The maximum absolute atomic E-state index is 9.16. The quantitative estimate of drug-likeness (QED) is 0.714. The first-order valence-electron chi connectivity index (χ1n) is 6.36. The average Bonchev–Trinajstić information content (AvgIpc) is 2.51. The van der Waals surface area contributed by atoms with E-state index in [0.29, 0.717) is 11.8 Å². The van der Waals surface area contributed by atoms with Crippen molar-refractivity contribution >= 4 is 0 Å². The normalized spacial score (nSPS) is 26.8. The molecule has 0 amide bonds. The predicted molar refractivity (Wildman–Crippen MR) is 70.3 cm³/mol. The first kappa shape index (κ1) is 13.5. The third kappa shape index (κ3) is 2.57. The lowest BCUT2D eigenvalue weighted by Gasteiger charge is -2.32. The molecule has 0 spiro atoms. The molecule has 2 atom stereocenters. The summed E-state index contributed by atoms with van der Waals surface area (Å²) < 4.78 is 0. The van der Waals surface area contributed by atoms with Crippen LogP contribution in [0, 0.1) is 17.3 Å². The van der Waals surface area contributed by atoms with E-state index in [9.17, 15) is 0 Å².